The van der Waals surface area contributed by atoms with Crippen LogP contribution < -0.4 is 10.1 Å². The van der Waals surface area contributed by atoms with E-state index in [-0.39, 0.29) is 29.9 Å². The third kappa shape index (κ3) is 5.62. The Hall–Kier alpha value is -2.82. The van der Waals surface area contributed by atoms with Gasteiger partial charge in [-0.1, -0.05) is 56.7 Å². The smallest absolute Gasteiger partial charge is 0.260 e. The van der Waals surface area contributed by atoms with Crippen LogP contribution in [-0.4, -0.2) is 42.5 Å². The van der Waals surface area contributed by atoms with Crippen LogP contribution in [0.5, 0.6) is 5.75 Å². The molecule has 160 valence electrons. The van der Waals surface area contributed by atoms with Gasteiger partial charge in [0.1, 0.15) is 5.75 Å². The first-order chi connectivity index (χ1) is 14.2. The monoisotopic (exact) mass is 408 g/mol. The second-order valence-electron chi connectivity index (χ2n) is 9.03. The number of likely N-dealkylation sites (tertiary alicyclic amines) is 1. The van der Waals surface area contributed by atoms with E-state index in [0.717, 1.165) is 24.2 Å². The molecule has 2 amide bonds. The van der Waals surface area contributed by atoms with E-state index >= 15 is 0 Å². The molecule has 0 bridgehead atoms. The number of nitrogens with one attached hydrogen (secondary N) is 1. The van der Waals surface area contributed by atoms with Crippen molar-refractivity contribution in [2.75, 3.05) is 19.7 Å². The summed E-state index contributed by atoms with van der Waals surface area (Å²) in [4.78, 5) is 26.8. The van der Waals surface area contributed by atoms with Gasteiger partial charge in [0.15, 0.2) is 6.61 Å². The van der Waals surface area contributed by atoms with Gasteiger partial charge < -0.3 is 15.0 Å². The summed E-state index contributed by atoms with van der Waals surface area (Å²) in [5.41, 5.74) is 2.90. The molecular weight excluding hydrogens is 376 g/mol. The zero-order valence-corrected chi connectivity index (χ0v) is 18.4. The van der Waals surface area contributed by atoms with Crippen LogP contribution in [0.15, 0.2) is 48.5 Å². The Balaban J connectivity index is 1.50. The Morgan fingerprint density at radius 1 is 1.07 bits per heavy atom. The highest BCUT2D eigenvalue weighted by molar-refractivity contribution is 5.94. The fourth-order valence-electron chi connectivity index (χ4n) is 3.72. The SMILES string of the molecule is Cc1ccc(OCC(=O)N2CCC(NC(=O)c3ccccc3)CC2)c(C(C)(C)C)c1. The van der Waals surface area contributed by atoms with E-state index in [1.165, 1.54) is 5.56 Å². The molecule has 2 aromatic carbocycles. The molecular formula is C25H32N2O3. The third-order valence-electron chi connectivity index (χ3n) is 5.51. The number of ether oxygens (including phenoxy) is 1. The van der Waals surface area contributed by atoms with Gasteiger partial charge in [-0.3, -0.25) is 9.59 Å². The van der Waals surface area contributed by atoms with Crippen molar-refractivity contribution in [3.63, 3.8) is 0 Å². The molecule has 1 saturated heterocycles. The number of hydrogen-bond donors (Lipinski definition) is 1. The molecule has 2 aromatic rings. The minimum absolute atomic E-state index is 0.0109. The van der Waals surface area contributed by atoms with Gasteiger partial charge in [-0.2, -0.15) is 0 Å². The molecule has 0 aliphatic carbocycles. The molecule has 1 aliphatic heterocycles. The number of nitrogens with zero attached hydrogens (tertiary/aromatic N) is 1. The third-order valence-corrected chi connectivity index (χ3v) is 5.51. The number of piperidine rings is 1. The zero-order valence-electron chi connectivity index (χ0n) is 18.4. The second kappa shape index (κ2) is 9.33. The maximum atomic E-state index is 12.7. The number of amides is 2. The van der Waals surface area contributed by atoms with Crippen LogP contribution >= 0.6 is 0 Å². The lowest BCUT2D eigenvalue weighted by Crippen LogP contribution is -2.47. The van der Waals surface area contributed by atoms with Gasteiger partial charge >= 0.3 is 0 Å². The topological polar surface area (TPSA) is 58.6 Å². The normalized spacial score (nSPS) is 15.0. The van der Waals surface area contributed by atoms with Gasteiger partial charge in [0.05, 0.1) is 0 Å². The van der Waals surface area contributed by atoms with Crippen molar-refractivity contribution >= 4 is 11.8 Å². The van der Waals surface area contributed by atoms with Crippen molar-refractivity contribution in [2.24, 2.45) is 0 Å². The highest BCUT2D eigenvalue weighted by Crippen LogP contribution is 2.32. The first-order valence-corrected chi connectivity index (χ1v) is 10.6. The van der Waals surface area contributed by atoms with Crippen LogP contribution in [0.25, 0.3) is 0 Å². The number of benzene rings is 2. The van der Waals surface area contributed by atoms with Crippen LogP contribution in [0.3, 0.4) is 0 Å². The van der Waals surface area contributed by atoms with Crippen molar-refractivity contribution in [1.29, 1.82) is 0 Å². The molecule has 1 heterocycles. The predicted octanol–water partition coefficient (Wildman–Crippen LogP) is 4.09. The number of hydrogen-bond acceptors (Lipinski definition) is 3. The van der Waals surface area contributed by atoms with Crippen LogP contribution in [0.4, 0.5) is 0 Å². The molecule has 0 unspecified atom stereocenters. The van der Waals surface area contributed by atoms with Crippen molar-refractivity contribution < 1.29 is 14.3 Å². The molecule has 0 spiro atoms. The van der Waals surface area contributed by atoms with E-state index in [1.54, 1.807) is 0 Å². The molecule has 0 atom stereocenters. The first kappa shape index (κ1) is 21.9. The summed E-state index contributed by atoms with van der Waals surface area (Å²) >= 11 is 0. The average Bonchev–Trinajstić information content (AvgIpc) is 2.73. The Labute approximate surface area is 179 Å². The fourth-order valence-corrected chi connectivity index (χ4v) is 3.72. The molecule has 3 rings (SSSR count). The van der Waals surface area contributed by atoms with Crippen LogP contribution in [0.1, 0.15) is 55.1 Å². The Kier molecular flexibility index (Phi) is 6.80. The Morgan fingerprint density at radius 3 is 2.37 bits per heavy atom. The summed E-state index contributed by atoms with van der Waals surface area (Å²) in [7, 11) is 0. The van der Waals surface area contributed by atoms with Gasteiger partial charge in [0, 0.05) is 24.7 Å². The average molecular weight is 409 g/mol. The predicted molar refractivity (Wildman–Crippen MR) is 119 cm³/mol. The van der Waals surface area contributed by atoms with Crippen molar-refractivity contribution in [3.8, 4) is 5.75 Å². The van der Waals surface area contributed by atoms with Gasteiger partial charge in [0.25, 0.3) is 11.8 Å². The summed E-state index contributed by atoms with van der Waals surface area (Å²) in [6.45, 7) is 9.78. The number of carbonyl (C=O) groups excluding carboxylic acids is 2. The molecule has 5 nitrogen and oxygen atoms in total. The van der Waals surface area contributed by atoms with Gasteiger partial charge in [-0.05, 0) is 48.9 Å². The zero-order chi connectivity index (χ0) is 21.7. The minimum Gasteiger partial charge on any atom is -0.483 e. The van der Waals surface area contributed by atoms with Crippen molar-refractivity contribution in [3.05, 3.63) is 65.2 Å². The molecule has 1 aliphatic rings. The van der Waals surface area contributed by atoms with E-state index in [4.69, 9.17) is 4.74 Å². The van der Waals surface area contributed by atoms with E-state index in [9.17, 15) is 9.59 Å². The molecule has 0 aromatic heterocycles. The Morgan fingerprint density at radius 2 is 1.73 bits per heavy atom. The van der Waals surface area contributed by atoms with E-state index < -0.39 is 0 Å². The highest BCUT2D eigenvalue weighted by atomic mass is 16.5. The summed E-state index contributed by atoms with van der Waals surface area (Å²) in [6, 6.07) is 15.4. The number of aryl methyl sites for hydroxylation is 1. The number of rotatable bonds is 5. The van der Waals surface area contributed by atoms with E-state index in [0.29, 0.717) is 18.7 Å². The first-order valence-electron chi connectivity index (χ1n) is 10.6. The standard InChI is InChI=1S/C25H32N2O3/c1-18-10-11-22(21(16-18)25(2,3)4)30-17-23(28)27-14-12-20(13-15-27)26-24(29)19-8-6-5-7-9-19/h5-11,16,20H,12-15,17H2,1-4H3,(H,26,29). The molecule has 0 radical (unpaired) electrons. The lowest BCUT2D eigenvalue weighted by Gasteiger charge is -2.32. The fraction of sp³-hybridized carbons (Fsp3) is 0.440. The molecule has 1 N–H and O–H groups in total. The summed E-state index contributed by atoms with van der Waals surface area (Å²) < 4.78 is 5.92. The van der Waals surface area contributed by atoms with E-state index in [1.807, 2.05) is 47.4 Å². The van der Waals surface area contributed by atoms with Crippen LogP contribution in [0, 0.1) is 6.92 Å². The summed E-state index contributed by atoms with van der Waals surface area (Å²) in [5.74, 6) is 0.701. The van der Waals surface area contributed by atoms with E-state index in [2.05, 4.69) is 39.1 Å². The van der Waals surface area contributed by atoms with Crippen LogP contribution in [-0.2, 0) is 10.2 Å². The van der Waals surface area contributed by atoms with Gasteiger partial charge in [-0.15, -0.1) is 0 Å². The van der Waals surface area contributed by atoms with Gasteiger partial charge in [0.2, 0.25) is 0 Å². The maximum Gasteiger partial charge on any atom is 0.260 e. The lowest BCUT2D eigenvalue weighted by molar-refractivity contribution is -0.134. The largest absolute Gasteiger partial charge is 0.483 e. The molecule has 5 heteroatoms. The Bertz CT molecular complexity index is 879. The quantitative estimate of drug-likeness (QED) is 0.811. The molecule has 30 heavy (non-hydrogen) atoms. The minimum atomic E-state index is -0.0576. The summed E-state index contributed by atoms with van der Waals surface area (Å²) in [6.07, 6.45) is 1.50. The van der Waals surface area contributed by atoms with Crippen molar-refractivity contribution in [1.82, 2.24) is 10.2 Å². The van der Waals surface area contributed by atoms with Crippen LogP contribution in [0.2, 0.25) is 0 Å². The summed E-state index contributed by atoms with van der Waals surface area (Å²) in [5, 5.41) is 3.07. The maximum absolute atomic E-state index is 12.7. The second-order valence-corrected chi connectivity index (χ2v) is 9.03. The lowest BCUT2D eigenvalue weighted by atomic mass is 9.85. The highest BCUT2D eigenvalue weighted by Gasteiger charge is 2.25. The molecule has 0 saturated carbocycles. The van der Waals surface area contributed by atoms with Crippen molar-refractivity contribution in [2.45, 2.75) is 52.0 Å². The van der Waals surface area contributed by atoms with Gasteiger partial charge in [-0.25, -0.2) is 0 Å². The molecule has 1 fully saturated rings. The number of carbonyl (C=O) groups is 2.